The van der Waals surface area contributed by atoms with Crippen molar-refractivity contribution in [3.63, 3.8) is 0 Å². The summed E-state index contributed by atoms with van der Waals surface area (Å²) in [5, 5.41) is 4.09. The van der Waals surface area contributed by atoms with Gasteiger partial charge in [-0.3, -0.25) is 14.7 Å². The van der Waals surface area contributed by atoms with E-state index in [4.69, 9.17) is 4.74 Å². The number of pyridine rings is 3. The maximum absolute atomic E-state index is 14.4. The molecule has 5 aromatic rings. The molecule has 0 atom stereocenters. The van der Waals surface area contributed by atoms with Crippen molar-refractivity contribution in [2.45, 2.75) is 104 Å². The Morgan fingerprint density at radius 2 is 1.49 bits per heavy atom. The molecule has 3 heterocycles. The number of hydrogen-bond donors (Lipinski definition) is 2. The van der Waals surface area contributed by atoms with E-state index in [9.17, 15) is 9.59 Å². The van der Waals surface area contributed by atoms with E-state index in [1.807, 2.05) is 36.4 Å². The standard InChI is InChI=1S/C43H53N5O3/c1-6-7-8-9-10-11-12-13-24-48(39-28-34-17-15-21-45-41(34)47-42(39)49)43(50)46-40-37(30(2)3)26-35(27-38(40)31(4)5)33-16-14-18-36(25-33)51-29-32-19-22-44-23-20-32/h14-23,25-28,30-31H,6-13,24,29H2,1-5H3,(H,46,50)(H,45,47,49). The van der Waals surface area contributed by atoms with Crippen LogP contribution in [0.4, 0.5) is 16.2 Å². The molecule has 5 rings (SSSR count). The predicted molar refractivity (Wildman–Crippen MR) is 210 cm³/mol. The van der Waals surface area contributed by atoms with Crippen molar-refractivity contribution in [2.75, 3.05) is 16.8 Å². The first kappa shape index (κ1) is 37.3. The third kappa shape index (κ3) is 10.1. The number of rotatable bonds is 17. The number of unbranched alkanes of at least 4 members (excludes halogenated alkanes) is 7. The summed E-state index contributed by atoms with van der Waals surface area (Å²) in [4.78, 5) is 40.8. The van der Waals surface area contributed by atoms with Gasteiger partial charge in [-0.1, -0.05) is 91.7 Å². The van der Waals surface area contributed by atoms with Gasteiger partial charge in [0.05, 0.1) is 0 Å². The van der Waals surface area contributed by atoms with E-state index in [-0.39, 0.29) is 23.4 Å². The minimum absolute atomic E-state index is 0.125. The molecular formula is C43H53N5O3. The van der Waals surface area contributed by atoms with Crippen LogP contribution in [0.5, 0.6) is 5.75 Å². The summed E-state index contributed by atoms with van der Waals surface area (Å²) >= 11 is 0. The molecule has 0 unspecified atom stereocenters. The third-order valence-corrected chi connectivity index (χ3v) is 9.36. The normalized spacial score (nSPS) is 11.4. The lowest BCUT2D eigenvalue weighted by Gasteiger charge is -2.27. The topological polar surface area (TPSA) is 100 Å². The summed E-state index contributed by atoms with van der Waals surface area (Å²) in [6, 6.07) is 21.6. The fourth-order valence-corrected chi connectivity index (χ4v) is 6.45. The minimum Gasteiger partial charge on any atom is -0.489 e. The van der Waals surface area contributed by atoms with Gasteiger partial charge >= 0.3 is 6.03 Å². The molecule has 0 saturated carbocycles. The van der Waals surface area contributed by atoms with Crippen LogP contribution in [0, 0.1) is 0 Å². The Kier molecular flexibility index (Phi) is 13.4. The number of hydrogen-bond acceptors (Lipinski definition) is 5. The van der Waals surface area contributed by atoms with Crippen LogP contribution < -0.4 is 20.5 Å². The van der Waals surface area contributed by atoms with Crippen LogP contribution in [0.25, 0.3) is 22.2 Å². The number of ether oxygens (including phenoxy) is 1. The lowest BCUT2D eigenvalue weighted by molar-refractivity contribution is 0.256. The Morgan fingerprint density at radius 1 is 0.804 bits per heavy atom. The van der Waals surface area contributed by atoms with E-state index < -0.39 is 0 Å². The summed E-state index contributed by atoms with van der Waals surface area (Å²) in [6.07, 6.45) is 14.3. The highest BCUT2D eigenvalue weighted by atomic mass is 16.5. The minimum atomic E-state index is -0.328. The second-order valence-electron chi connectivity index (χ2n) is 14.0. The summed E-state index contributed by atoms with van der Waals surface area (Å²) in [5.74, 6) is 1.03. The van der Waals surface area contributed by atoms with Gasteiger partial charge in [-0.2, -0.15) is 0 Å². The Morgan fingerprint density at radius 3 is 2.18 bits per heavy atom. The molecular weight excluding hydrogens is 635 g/mol. The number of nitrogens with one attached hydrogen (secondary N) is 2. The van der Waals surface area contributed by atoms with Crippen LogP contribution in [0.3, 0.4) is 0 Å². The first-order valence-corrected chi connectivity index (χ1v) is 18.6. The number of H-pyrrole nitrogens is 1. The Labute approximate surface area is 302 Å². The van der Waals surface area contributed by atoms with Gasteiger partial charge in [-0.15, -0.1) is 0 Å². The van der Waals surface area contributed by atoms with Crippen LogP contribution in [-0.2, 0) is 6.61 Å². The zero-order valence-electron chi connectivity index (χ0n) is 30.9. The predicted octanol–water partition coefficient (Wildman–Crippen LogP) is 11.0. The number of fused-ring (bicyclic) bond motifs is 1. The van der Waals surface area contributed by atoms with E-state index in [0.29, 0.717) is 24.5 Å². The molecule has 0 radical (unpaired) electrons. The van der Waals surface area contributed by atoms with Crippen LogP contribution in [0.2, 0.25) is 0 Å². The molecule has 8 heteroatoms. The van der Waals surface area contributed by atoms with Crippen LogP contribution in [0.1, 0.15) is 115 Å². The molecule has 0 aliphatic carbocycles. The highest BCUT2D eigenvalue weighted by molar-refractivity contribution is 6.03. The van der Waals surface area contributed by atoms with Crippen LogP contribution in [0.15, 0.2) is 90.1 Å². The molecule has 2 N–H and O–H groups in total. The number of carbonyl (C=O) groups excluding carboxylic acids is 1. The van der Waals surface area contributed by atoms with Crippen molar-refractivity contribution in [2.24, 2.45) is 0 Å². The molecule has 8 nitrogen and oxygen atoms in total. The molecule has 2 aromatic carbocycles. The van der Waals surface area contributed by atoms with Gasteiger partial charge in [0.2, 0.25) is 0 Å². The van der Waals surface area contributed by atoms with Gasteiger partial charge in [0.25, 0.3) is 5.56 Å². The zero-order chi connectivity index (χ0) is 36.2. The number of benzene rings is 2. The first-order chi connectivity index (χ1) is 24.7. The maximum Gasteiger partial charge on any atom is 0.326 e. The Balaban J connectivity index is 1.43. The summed E-state index contributed by atoms with van der Waals surface area (Å²) in [7, 11) is 0. The van der Waals surface area contributed by atoms with Gasteiger partial charge in [-0.05, 0) is 101 Å². The maximum atomic E-state index is 14.4. The van der Waals surface area contributed by atoms with Gasteiger partial charge in [0.15, 0.2) is 0 Å². The third-order valence-electron chi connectivity index (χ3n) is 9.36. The summed E-state index contributed by atoms with van der Waals surface area (Å²) < 4.78 is 6.14. The second-order valence-corrected chi connectivity index (χ2v) is 14.0. The SMILES string of the molecule is CCCCCCCCCCN(C(=O)Nc1c(C(C)C)cc(-c2cccc(OCc3ccncc3)c2)cc1C(C)C)c1cc2cccnc2[nH]c1=O. The van der Waals surface area contributed by atoms with E-state index in [0.717, 1.165) is 63.9 Å². The number of amides is 2. The van der Waals surface area contributed by atoms with Crippen molar-refractivity contribution in [1.29, 1.82) is 0 Å². The van der Waals surface area contributed by atoms with Crippen molar-refractivity contribution in [3.05, 3.63) is 112 Å². The Hall–Kier alpha value is -4.98. The quantitative estimate of drug-likeness (QED) is 0.0948. The number of aromatic amines is 1. The summed E-state index contributed by atoms with van der Waals surface area (Å²) in [6.45, 7) is 11.7. The zero-order valence-corrected chi connectivity index (χ0v) is 30.9. The molecule has 0 saturated heterocycles. The monoisotopic (exact) mass is 687 g/mol. The number of aromatic nitrogens is 3. The number of anilines is 2. The van der Waals surface area contributed by atoms with E-state index in [1.165, 1.54) is 32.1 Å². The van der Waals surface area contributed by atoms with Crippen molar-refractivity contribution < 1.29 is 9.53 Å². The van der Waals surface area contributed by atoms with Crippen molar-refractivity contribution in [3.8, 4) is 16.9 Å². The van der Waals surface area contributed by atoms with Gasteiger partial charge in [0.1, 0.15) is 23.7 Å². The molecule has 51 heavy (non-hydrogen) atoms. The highest BCUT2D eigenvalue weighted by Crippen LogP contribution is 2.38. The lowest BCUT2D eigenvalue weighted by Crippen LogP contribution is -2.39. The average molecular weight is 688 g/mol. The molecule has 0 aliphatic heterocycles. The largest absolute Gasteiger partial charge is 0.489 e. The fraction of sp³-hybridized carbons (Fsp3) is 0.395. The summed E-state index contributed by atoms with van der Waals surface area (Å²) in [5.41, 5.74) is 6.54. The molecule has 268 valence electrons. The fourth-order valence-electron chi connectivity index (χ4n) is 6.45. The van der Waals surface area contributed by atoms with Crippen LogP contribution >= 0.6 is 0 Å². The lowest BCUT2D eigenvalue weighted by atomic mass is 9.88. The smallest absolute Gasteiger partial charge is 0.326 e. The molecule has 0 bridgehead atoms. The highest BCUT2D eigenvalue weighted by Gasteiger charge is 2.24. The molecule has 3 aromatic heterocycles. The second kappa shape index (κ2) is 18.3. The molecule has 0 aliphatic rings. The number of urea groups is 1. The van der Waals surface area contributed by atoms with E-state index in [1.54, 1.807) is 29.6 Å². The van der Waals surface area contributed by atoms with E-state index >= 15 is 0 Å². The molecule has 2 amide bonds. The van der Waals surface area contributed by atoms with Gasteiger partial charge in [0, 0.05) is 36.2 Å². The number of carbonyl (C=O) groups is 1. The van der Waals surface area contributed by atoms with Gasteiger partial charge < -0.3 is 15.0 Å². The number of nitrogens with zero attached hydrogens (tertiary/aromatic N) is 3. The van der Waals surface area contributed by atoms with E-state index in [2.05, 4.69) is 79.2 Å². The average Bonchev–Trinajstić information content (AvgIpc) is 3.13. The first-order valence-electron chi connectivity index (χ1n) is 18.6. The van der Waals surface area contributed by atoms with Crippen molar-refractivity contribution in [1.82, 2.24) is 15.0 Å². The molecule has 0 spiro atoms. The molecule has 0 fully saturated rings. The van der Waals surface area contributed by atoms with Gasteiger partial charge in [-0.25, -0.2) is 9.78 Å². The van der Waals surface area contributed by atoms with Crippen LogP contribution in [-0.4, -0.2) is 27.5 Å². The Bertz CT molecular complexity index is 1910. The van der Waals surface area contributed by atoms with Crippen molar-refractivity contribution >= 4 is 28.4 Å².